The van der Waals surface area contributed by atoms with Crippen LogP contribution in [0.1, 0.15) is 23.2 Å². The van der Waals surface area contributed by atoms with Crippen molar-refractivity contribution in [2.45, 2.75) is 24.8 Å². The number of aromatic nitrogens is 2. The molecule has 7 heteroatoms. The van der Waals surface area contributed by atoms with Crippen molar-refractivity contribution in [1.82, 2.24) is 14.3 Å². The van der Waals surface area contributed by atoms with Crippen LogP contribution >= 0.6 is 0 Å². The van der Waals surface area contributed by atoms with Crippen LogP contribution in [0.5, 0.6) is 0 Å². The first kappa shape index (κ1) is 16.0. The predicted octanol–water partition coefficient (Wildman–Crippen LogP) is 1.86. The summed E-state index contributed by atoms with van der Waals surface area (Å²) < 4.78 is 32.7. The molecule has 1 fully saturated rings. The van der Waals surface area contributed by atoms with Crippen LogP contribution in [-0.4, -0.2) is 42.4 Å². The van der Waals surface area contributed by atoms with E-state index >= 15 is 0 Å². The first-order valence-electron chi connectivity index (χ1n) is 7.45. The van der Waals surface area contributed by atoms with Crippen LogP contribution in [0.25, 0.3) is 0 Å². The van der Waals surface area contributed by atoms with E-state index in [1.807, 2.05) is 6.92 Å². The number of sulfonamides is 1. The molecule has 1 aromatic heterocycles. The Kier molecular flexibility index (Phi) is 4.43. The summed E-state index contributed by atoms with van der Waals surface area (Å²) >= 11 is 0. The lowest BCUT2D eigenvalue weighted by Crippen LogP contribution is -2.42. The fourth-order valence-corrected chi connectivity index (χ4v) is 3.96. The Hall–Kier alpha value is -1.83. The van der Waals surface area contributed by atoms with Crippen molar-refractivity contribution in [2.24, 2.45) is 0 Å². The van der Waals surface area contributed by atoms with Gasteiger partial charge in [-0.05, 0) is 32.0 Å². The van der Waals surface area contributed by atoms with Gasteiger partial charge in [0.25, 0.3) is 0 Å². The molecule has 2 heterocycles. The van der Waals surface area contributed by atoms with E-state index in [9.17, 15) is 8.42 Å². The smallest absolute Gasteiger partial charge is 0.243 e. The highest BCUT2D eigenvalue weighted by Crippen LogP contribution is 2.25. The molecule has 1 unspecified atom stereocenters. The summed E-state index contributed by atoms with van der Waals surface area (Å²) in [7, 11) is -3.52. The summed E-state index contributed by atoms with van der Waals surface area (Å²) in [6, 6.07) is 8.66. The van der Waals surface area contributed by atoms with Crippen molar-refractivity contribution in [2.75, 3.05) is 19.7 Å². The van der Waals surface area contributed by atoms with E-state index in [4.69, 9.17) is 4.74 Å². The second-order valence-corrected chi connectivity index (χ2v) is 7.50. The molecule has 1 atom stereocenters. The zero-order valence-corrected chi connectivity index (χ0v) is 14.0. The minimum atomic E-state index is -3.52. The molecule has 2 aromatic rings. The molecule has 0 N–H and O–H groups in total. The molecule has 3 rings (SSSR count). The first-order chi connectivity index (χ1) is 11.0. The quantitative estimate of drug-likeness (QED) is 0.857. The van der Waals surface area contributed by atoms with Crippen LogP contribution in [0.15, 0.2) is 41.4 Å². The number of ether oxygens (including phenoxy) is 1. The van der Waals surface area contributed by atoms with Crippen LogP contribution in [-0.2, 0) is 14.8 Å². The van der Waals surface area contributed by atoms with E-state index in [-0.39, 0.29) is 12.6 Å². The lowest BCUT2D eigenvalue weighted by molar-refractivity contribution is -0.00509. The molecular formula is C16H19N3O3S. The Balaban J connectivity index is 1.84. The summed E-state index contributed by atoms with van der Waals surface area (Å²) in [5, 5.41) is 0. The monoisotopic (exact) mass is 333 g/mol. The average Bonchev–Trinajstić information content (AvgIpc) is 2.55. The second-order valence-electron chi connectivity index (χ2n) is 5.56. The second kappa shape index (κ2) is 6.35. The van der Waals surface area contributed by atoms with Crippen LogP contribution in [0.2, 0.25) is 0 Å². The van der Waals surface area contributed by atoms with Crippen LogP contribution in [0, 0.1) is 13.8 Å². The van der Waals surface area contributed by atoms with Gasteiger partial charge in [0.1, 0.15) is 11.9 Å². The largest absolute Gasteiger partial charge is 0.369 e. The topological polar surface area (TPSA) is 72.4 Å². The Morgan fingerprint density at radius 3 is 2.61 bits per heavy atom. The minimum absolute atomic E-state index is 0.257. The zero-order valence-electron chi connectivity index (χ0n) is 13.1. The number of morpholine rings is 1. The first-order valence-corrected chi connectivity index (χ1v) is 8.89. The lowest BCUT2D eigenvalue weighted by Gasteiger charge is -2.31. The number of hydrogen-bond acceptors (Lipinski definition) is 5. The molecule has 1 aromatic carbocycles. The third kappa shape index (κ3) is 3.41. The number of aryl methyl sites for hydroxylation is 2. The van der Waals surface area contributed by atoms with Crippen molar-refractivity contribution >= 4 is 10.0 Å². The van der Waals surface area contributed by atoms with Gasteiger partial charge < -0.3 is 4.74 Å². The summed E-state index contributed by atoms with van der Waals surface area (Å²) in [6.07, 6.45) is 1.29. The number of benzene rings is 1. The summed E-state index contributed by atoms with van der Waals surface area (Å²) in [6.45, 7) is 4.67. The highest BCUT2D eigenvalue weighted by Gasteiger charge is 2.32. The number of hydrogen-bond donors (Lipinski definition) is 0. The zero-order chi connectivity index (χ0) is 16.4. The Bertz CT molecular complexity index is 790. The molecule has 1 aliphatic rings. The van der Waals surface area contributed by atoms with E-state index in [1.54, 1.807) is 43.5 Å². The van der Waals surface area contributed by atoms with Gasteiger partial charge in [-0.2, -0.15) is 4.31 Å². The van der Waals surface area contributed by atoms with Gasteiger partial charge in [-0.3, -0.25) is 0 Å². The molecular weight excluding hydrogens is 314 g/mol. The van der Waals surface area contributed by atoms with Crippen molar-refractivity contribution in [3.05, 3.63) is 53.6 Å². The van der Waals surface area contributed by atoms with Gasteiger partial charge in [-0.25, -0.2) is 18.4 Å². The standard InChI is InChI=1S/C16H19N3O3S/c1-12-3-5-14(6-4-12)23(20,21)19-9-10-22-16(11-19)15-7-8-17-13(2)18-15/h3-8,16H,9-11H2,1-2H3. The number of rotatable bonds is 3. The Morgan fingerprint density at radius 2 is 1.91 bits per heavy atom. The maximum atomic E-state index is 12.8. The van der Waals surface area contributed by atoms with Gasteiger partial charge in [0.2, 0.25) is 10.0 Å². The molecule has 0 aliphatic carbocycles. The van der Waals surface area contributed by atoms with E-state index in [0.29, 0.717) is 29.6 Å². The third-order valence-corrected chi connectivity index (χ3v) is 5.69. The van der Waals surface area contributed by atoms with Gasteiger partial charge in [0.05, 0.1) is 17.2 Å². The molecule has 0 radical (unpaired) electrons. The maximum Gasteiger partial charge on any atom is 0.243 e. The lowest BCUT2D eigenvalue weighted by atomic mass is 10.2. The van der Waals surface area contributed by atoms with E-state index in [2.05, 4.69) is 9.97 Å². The molecule has 6 nitrogen and oxygen atoms in total. The summed E-state index contributed by atoms with van der Waals surface area (Å²) in [5.41, 5.74) is 1.74. The minimum Gasteiger partial charge on any atom is -0.369 e. The molecule has 1 aliphatic heterocycles. The predicted molar refractivity (Wildman–Crippen MR) is 85.4 cm³/mol. The molecule has 0 bridgehead atoms. The SMILES string of the molecule is Cc1ccc(S(=O)(=O)N2CCOC(c3ccnc(C)n3)C2)cc1. The van der Waals surface area contributed by atoms with Gasteiger partial charge in [-0.1, -0.05) is 17.7 Å². The van der Waals surface area contributed by atoms with Crippen LogP contribution in [0.4, 0.5) is 0 Å². The normalized spacial score (nSPS) is 19.7. The van der Waals surface area contributed by atoms with Crippen molar-refractivity contribution < 1.29 is 13.2 Å². The third-order valence-electron chi connectivity index (χ3n) is 3.82. The summed E-state index contributed by atoms with van der Waals surface area (Å²) in [4.78, 5) is 8.71. The van der Waals surface area contributed by atoms with Gasteiger partial charge in [0.15, 0.2) is 0 Å². The average molecular weight is 333 g/mol. The number of nitrogens with zero attached hydrogens (tertiary/aromatic N) is 3. The molecule has 1 saturated heterocycles. The Morgan fingerprint density at radius 1 is 1.17 bits per heavy atom. The summed E-state index contributed by atoms with van der Waals surface area (Å²) in [5.74, 6) is 0.643. The molecule has 23 heavy (non-hydrogen) atoms. The Labute approximate surface area is 136 Å². The molecule has 0 spiro atoms. The highest BCUT2D eigenvalue weighted by molar-refractivity contribution is 7.89. The fraction of sp³-hybridized carbons (Fsp3) is 0.375. The van der Waals surface area contributed by atoms with Crippen LogP contribution in [0.3, 0.4) is 0 Å². The molecule has 0 amide bonds. The fourth-order valence-electron chi connectivity index (χ4n) is 2.54. The van der Waals surface area contributed by atoms with Crippen molar-refractivity contribution in [3.8, 4) is 0 Å². The van der Waals surface area contributed by atoms with Crippen LogP contribution < -0.4 is 0 Å². The van der Waals surface area contributed by atoms with Crippen molar-refractivity contribution in [1.29, 1.82) is 0 Å². The maximum absolute atomic E-state index is 12.8. The molecule has 122 valence electrons. The van der Waals surface area contributed by atoms with E-state index in [1.165, 1.54) is 4.31 Å². The highest BCUT2D eigenvalue weighted by atomic mass is 32.2. The van der Waals surface area contributed by atoms with Gasteiger partial charge in [0, 0.05) is 19.3 Å². The van der Waals surface area contributed by atoms with Gasteiger partial charge >= 0.3 is 0 Å². The van der Waals surface area contributed by atoms with E-state index < -0.39 is 10.0 Å². The molecule has 0 saturated carbocycles. The van der Waals surface area contributed by atoms with E-state index in [0.717, 1.165) is 5.56 Å². The van der Waals surface area contributed by atoms with Crippen molar-refractivity contribution in [3.63, 3.8) is 0 Å². The van der Waals surface area contributed by atoms with Gasteiger partial charge in [-0.15, -0.1) is 0 Å².